The number of anilines is 2. The molecule has 0 spiro atoms. The molecular weight excluding hydrogens is 330 g/mol. The summed E-state index contributed by atoms with van der Waals surface area (Å²) < 4.78 is 5.27. The minimum atomic E-state index is -0.322. The summed E-state index contributed by atoms with van der Waals surface area (Å²) in [6.07, 6.45) is 0.922. The van der Waals surface area contributed by atoms with Crippen LogP contribution in [0.1, 0.15) is 31.7 Å². The van der Waals surface area contributed by atoms with E-state index < -0.39 is 0 Å². The molecule has 6 nitrogen and oxygen atoms in total. The van der Waals surface area contributed by atoms with Crippen LogP contribution in [0.4, 0.5) is 16.2 Å². The fourth-order valence-electron chi connectivity index (χ4n) is 2.69. The minimum absolute atomic E-state index is 0.181. The summed E-state index contributed by atoms with van der Waals surface area (Å²) in [7, 11) is 1.53. The predicted molar refractivity (Wildman–Crippen MR) is 104 cm³/mol. The zero-order valence-corrected chi connectivity index (χ0v) is 15.3. The molecule has 0 fully saturated rings. The van der Waals surface area contributed by atoms with Crippen LogP contribution in [0.15, 0.2) is 48.5 Å². The van der Waals surface area contributed by atoms with E-state index >= 15 is 0 Å². The molecule has 0 aliphatic rings. The van der Waals surface area contributed by atoms with Crippen molar-refractivity contribution >= 4 is 23.3 Å². The van der Waals surface area contributed by atoms with Crippen LogP contribution in [-0.2, 0) is 4.79 Å². The maximum Gasteiger partial charge on any atom is 0.319 e. The van der Waals surface area contributed by atoms with Gasteiger partial charge in [-0.05, 0) is 30.2 Å². The highest BCUT2D eigenvalue weighted by Gasteiger charge is 2.13. The number of methoxy groups -OCH3 is 1. The monoisotopic (exact) mass is 355 g/mol. The quantitative estimate of drug-likeness (QED) is 0.703. The molecule has 3 N–H and O–H groups in total. The van der Waals surface area contributed by atoms with Crippen molar-refractivity contribution in [2.45, 2.75) is 26.2 Å². The largest absolute Gasteiger partial charge is 0.495 e. The van der Waals surface area contributed by atoms with Crippen molar-refractivity contribution in [3.05, 3.63) is 54.1 Å². The molecule has 0 bridgehead atoms. The predicted octanol–water partition coefficient (Wildman–Crippen LogP) is 3.97. The van der Waals surface area contributed by atoms with Crippen LogP contribution in [0.5, 0.6) is 5.75 Å². The van der Waals surface area contributed by atoms with Gasteiger partial charge in [0.15, 0.2) is 0 Å². The number of ether oxygens (including phenoxy) is 1. The zero-order valence-electron chi connectivity index (χ0n) is 15.3. The van der Waals surface area contributed by atoms with Crippen molar-refractivity contribution in [3.63, 3.8) is 0 Å². The van der Waals surface area contributed by atoms with Gasteiger partial charge in [-0.2, -0.15) is 0 Å². The van der Waals surface area contributed by atoms with Gasteiger partial charge in [0.1, 0.15) is 5.75 Å². The van der Waals surface area contributed by atoms with Gasteiger partial charge >= 0.3 is 6.03 Å². The molecule has 0 unspecified atom stereocenters. The fourth-order valence-corrected chi connectivity index (χ4v) is 2.69. The number of hydrogen-bond acceptors (Lipinski definition) is 3. The lowest BCUT2D eigenvalue weighted by atomic mass is 9.97. The number of hydrogen-bond donors (Lipinski definition) is 3. The van der Waals surface area contributed by atoms with Crippen LogP contribution in [0.3, 0.4) is 0 Å². The Morgan fingerprint density at radius 3 is 2.42 bits per heavy atom. The van der Waals surface area contributed by atoms with Crippen molar-refractivity contribution < 1.29 is 14.3 Å². The molecule has 0 saturated heterocycles. The Hall–Kier alpha value is -3.02. The fraction of sp³-hybridized carbons (Fsp3) is 0.300. The third kappa shape index (κ3) is 5.51. The van der Waals surface area contributed by atoms with Gasteiger partial charge in [0.05, 0.1) is 12.8 Å². The molecule has 2 aromatic rings. The standard InChI is InChI=1S/C20H25N3O3/c1-4-15(16-8-6-5-7-9-16)13-21-20(25)23-18-12-17(22-14(2)24)10-11-19(18)26-3/h5-12,15H,4,13H2,1-3H3,(H,22,24)(H2,21,23,25)/t15-/m1/s1. The molecule has 0 aliphatic heterocycles. The highest BCUT2D eigenvalue weighted by atomic mass is 16.5. The van der Waals surface area contributed by atoms with Crippen LogP contribution in [-0.4, -0.2) is 25.6 Å². The van der Waals surface area contributed by atoms with Crippen LogP contribution >= 0.6 is 0 Å². The smallest absolute Gasteiger partial charge is 0.319 e. The Bertz CT molecular complexity index is 747. The van der Waals surface area contributed by atoms with Crippen molar-refractivity contribution in [2.24, 2.45) is 0 Å². The van der Waals surface area contributed by atoms with Gasteiger partial charge in [-0.1, -0.05) is 37.3 Å². The first kappa shape index (κ1) is 19.3. The highest BCUT2D eigenvalue weighted by molar-refractivity contribution is 5.94. The normalized spacial score (nSPS) is 11.3. The molecular formula is C20H25N3O3. The van der Waals surface area contributed by atoms with Gasteiger partial charge in [-0.3, -0.25) is 4.79 Å². The number of urea groups is 1. The molecule has 0 aliphatic carbocycles. The third-order valence-corrected chi connectivity index (χ3v) is 4.04. The summed E-state index contributed by atoms with van der Waals surface area (Å²) in [4.78, 5) is 23.5. The first-order valence-corrected chi connectivity index (χ1v) is 8.59. The Balaban J connectivity index is 2.01. The number of nitrogens with one attached hydrogen (secondary N) is 3. The molecule has 1 atom stereocenters. The average molecular weight is 355 g/mol. The Labute approximate surface area is 153 Å². The van der Waals surface area contributed by atoms with Gasteiger partial charge in [-0.15, -0.1) is 0 Å². The summed E-state index contributed by atoms with van der Waals surface area (Å²) in [6.45, 7) is 4.05. The van der Waals surface area contributed by atoms with Gasteiger partial charge < -0.3 is 20.7 Å². The van der Waals surface area contributed by atoms with Crippen LogP contribution in [0, 0.1) is 0 Å². The first-order valence-electron chi connectivity index (χ1n) is 8.59. The second-order valence-corrected chi connectivity index (χ2v) is 5.95. The Morgan fingerprint density at radius 1 is 1.08 bits per heavy atom. The van der Waals surface area contributed by atoms with Gasteiger partial charge in [0, 0.05) is 25.1 Å². The summed E-state index contributed by atoms with van der Waals surface area (Å²) in [5.41, 5.74) is 2.27. The van der Waals surface area contributed by atoms with Crippen molar-refractivity contribution in [3.8, 4) is 5.75 Å². The van der Waals surface area contributed by atoms with Crippen molar-refractivity contribution in [1.82, 2.24) is 5.32 Å². The Morgan fingerprint density at radius 2 is 1.81 bits per heavy atom. The lowest BCUT2D eigenvalue weighted by Crippen LogP contribution is -2.32. The second kappa shape index (κ2) is 9.46. The van der Waals surface area contributed by atoms with Gasteiger partial charge in [0.2, 0.25) is 5.91 Å². The first-order chi connectivity index (χ1) is 12.5. The summed E-state index contributed by atoms with van der Waals surface area (Å²) in [5.74, 6) is 0.582. The number of benzene rings is 2. The molecule has 6 heteroatoms. The van der Waals surface area contributed by atoms with E-state index in [1.165, 1.54) is 19.6 Å². The van der Waals surface area contributed by atoms with E-state index in [0.717, 1.165) is 6.42 Å². The summed E-state index contributed by atoms with van der Waals surface area (Å²) in [5, 5.41) is 8.36. The van der Waals surface area contributed by atoms with Crippen molar-refractivity contribution in [1.29, 1.82) is 0 Å². The number of amides is 3. The van der Waals surface area contributed by atoms with E-state index in [1.807, 2.05) is 18.2 Å². The summed E-state index contributed by atoms with van der Waals surface area (Å²) in [6, 6.07) is 14.8. The molecule has 0 heterocycles. The maximum atomic E-state index is 12.3. The molecule has 3 amide bonds. The van der Waals surface area contributed by atoms with Crippen LogP contribution in [0.2, 0.25) is 0 Å². The molecule has 0 radical (unpaired) electrons. The van der Waals surface area contributed by atoms with Crippen molar-refractivity contribution in [2.75, 3.05) is 24.3 Å². The van der Waals surface area contributed by atoms with Gasteiger partial charge in [0.25, 0.3) is 0 Å². The number of rotatable bonds is 7. The third-order valence-electron chi connectivity index (χ3n) is 4.04. The topological polar surface area (TPSA) is 79.5 Å². The molecule has 138 valence electrons. The number of carbonyl (C=O) groups excluding carboxylic acids is 2. The molecule has 26 heavy (non-hydrogen) atoms. The van der Waals surface area contributed by atoms with E-state index in [2.05, 4.69) is 35.0 Å². The molecule has 2 aromatic carbocycles. The minimum Gasteiger partial charge on any atom is -0.495 e. The van der Waals surface area contributed by atoms with Crippen LogP contribution < -0.4 is 20.7 Å². The summed E-state index contributed by atoms with van der Waals surface area (Å²) >= 11 is 0. The zero-order chi connectivity index (χ0) is 18.9. The lowest BCUT2D eigenvalue weighted by molar-refractivity contribution is -0.114. The van der Waals surface area contributed by atoms with Gasteiger partial charge in [-0.25, -0.2) is 4.79 Å². The molecule has 2 rings (SSSR count). The Kier molecular flexibility index (Phi) is 7.02. The average Bonchev–Trinajstić information content (AvgIpc) is 2.63. The highest BCUT2D eigenvalue weighted by Crippen LogP contribution is 2.28. The van der Waals surface area contributed by atoms with E-state index in [4.69, 9.17) is 4.74 Å². The second-order valence-electron chi connectivity index (χ2n) is 5.95. The van der Waals surface area contributed by atoms with E-state index in [-0.39, 0.29) is 17.9 Å². The molecule has 0 aromatic heterocycles. The number of carbonyl (C=O) groups is 2. The van der Waals surface area contributed by atoms with E-state index in [0.29, 0.717) is 23.7 Å². The SMILES string of the molecule is CC[C@H](CNC(=O)Nc1cc(NC(C)=O)ccc1OC)c1ccccc1. The van der Waals surface area contributed by atoms with E-state index in [9.17, 15) is 9.59 Å². The van der Waals surface area contributed by atoms with Crippen LogP contribution in [0.25, 0.3) is 0 Å². The maximum absolute atomic E-state index is 12.3. The lowest BCUT2D eigenvalue weighted by Gasteiger charge is -2.17. The molecule has 0 saturated carbocycles. The van der Waals surface area contributed by atoms with E-state index in [1.54, 1.807) is 18.2 Å².